The molecule has 4 heteroatoms. The van der Waals surface area contributed by atoms with Gasteiger partial charge in [-0.2, -0.15) is 0 Å². The van der Waals surface area contributed by atoms with E-state index in [1.165, 1.54) is 38.5 Å². The fraction of sp³-hybridized carbons (Fsp3) is 1.00. The Morgan fingerprint density at radius 3 is 1.94 bits per heavy atom. The molecule has 0 radical (unpaired) electrons. The zero-order chi connectivity index (χ0) is 12.8. The third-order valence-corrected chi connectivity index (χ3v) is 5.32. The van der Waals surface area contributed by atoms with Crippen molar-refractivity contribution < 1.29 is 15.3 Å². The second kappa shape index (κ2) is 4.75. The Morgan fingerprint density at radius 1 is 0.889 bits per heavy atom. The third-order valence-electron chi connectivity index (χ3n) is 5.32. The van der Waals surface area contributed by atoms with Crippen LogP contribution in [0.1, 0.15) is 38.5 Å². The predicted molar refractivity (Wildman–Crippen MR) is 68.1 cm³/mol. The van der Waals surface area contributed by atoms with Crippen LogP contribution in [-0.2, 0) is 0 Å². The Bertz CT molecular complexity index is 283. The lowest BCUT2D eigenvalue weighted by Crippen LogP contribution is -2.56. The van der Waals surface area contributed by atoms with Crippen LogP contribution in [0.15, 0.2) is 0 Å². The van der Waals surface area contributed by atoms with E-state index in [4.69, 9.17) is 0 Å². The zero-order valence-corrected chi connectivity index (χ0v) is 11.0. The normalized spacial score (nSPS) is 41.2. The fourth-order valence-corrected chi connectivity index (χ4v) is 3.74. The van der Waals surface area contributed by atoms with Gasteiger partial charge in [0.15, 0.2) is 0 Å². The highest BCUT2D eigenvalue weighted by Gasteiger charge is 2.45. The molecule has 2 saturated carbocycles. The molecule has 0 bridgehead atoms. The van der Waals surface area contributed by atoms with Crippen LogP contribution in [0.2, 0.25) is 0 Å². The molecule has 2 unspecified atom stereocenters. The molecule has 3 fully saturated rings. The van der Waals surface area contributed by atoms with E-state index in [9.17, 15) is 15.3 Å². The Labute approximate surface area is 109 Å². The van der Waals surface area contributed by atoms with E-state index in [1.807, 2.05) is 0 Å². The molecule has 104 valence electrons. The van der Waals surface area contributed by atoms with E-state index in [0.717, 1.165) is 12.0 Å². The molecule has 1 aliphatic heterocycles. The van der Waals surface area contributed by atoms with Crippen molar-refractivity contribution in [3.05, 3.63) is 0 Å². The monoisotopic (exact) mass is 255 g/mol. The van der Waals surface area contributed by atoms with Gasteiger partial charge in [-0.25, -0.2) is 0 Å². The summed E-state index contributed by atoms with van der Waals surface area (Å²) < 4.78 is 0. The molecule has 3 N–H and O–H groups in total. The van der Waals surface area contributed by atoms with Gasteiger partial charge < -0.3 is 15.3 Å². The van der Waals surface area contributed by atoms with Crippen molar-refractivity contribution in [2.24, 2.45) is 11.3 Å². The Morgan fingerprint density at radius 2 is 1.44 bits per heavy atom. The van der Waals surface area contributed by atoms with E-state index in [2.05, 4.69) is 4.90 Å². The highest BCUT2D eigenvalue weighted by molar-refractivity contribution is 4.97. The zero-order valence-electron chi connectivity index (χ0n) is 11.0. The number of rotatable bonds is 2. The quantitative estimate of drug-likeness (QED) is 0.666. The topological polar surface area (TPSA) is 63.9 Å². The van der Waals surface area contributed by atoms with Crippen LogP contribution in [-0.4, -0.2) is 58.2 Å². The molecule has 3 aliphatic rings. The van der Waals surface area contributed by atoms with Crippen molar-refractivity contribution in [2.75, 3.05) is 19.6 Å². The summed E-state index contributed by atoms with van der Waals surface area (Å²) in [4.78, 5) is 2.12. The first-order valence-corrected chi connectivity index (χ1v) is 7.35. The average Bonchev–Trinajstić information content (AvgIpc) is 3.09. The number of hydrogen-bond donors (Lipinski definition) is 3. The van der Waals surface area contributed by atoms with Gasteiger partial charge >= 0.3 is 0 Å². The third kappa shape index (κ3) is 2.57. The molecule has 4 nitrogen and oxygen atoms in total. The maximum atomic E-state index is 9.69. The summed E-state index contributed by atoms with van der Waals surface area (Å²) in [5.74, 6) is 0.714. The van der Waals surface area contributed by atoms with Crippen LogP contribution in [0.3, 0.4) is 0 Å². The molecule has 18 heavy (non-hydrogen) atoms. The number of hydrogen-bond acceptors (Lipinski definition) is 4. The first-order chi connectivity index (χ1) is 8.58. The highest BCUT2D eigenvalue weighted by atomic mass is 16.4. The van der Waals surface area contributed by atoms with E-state index in [-0.39, 0.29) is 0 Å². The first kappa shape index (κ1) is 12.9. The number of nitrogens with zero attached hydrogens (tertiary/aromatic N) is 1. The second-order valence-corrected chi connectivity index (χ2v) is 6.79. The molecule has 2 atom stereocenters. The lowest BCUT2D eigenvalue weighted by Gasteiger charge is -2.39. The van der Waals surface area contributed by atoms with Crippen molar-refractivity contribution in [2.45, 2.75) is 56.8 Å². The largest absolute Gasteiger partial charge is 0.389 e. The van der Waals surface area contributed by atoms with Crippen LogP contribution >= 0.6 is 0 Å². The Hall–Kier alpha value is -0.160. The number of aliphatic hydroxyl groups is 3. The van der Waals surface area contributed by atoms with Gasteiger partial charge in [-0.05, 0) is 49.9 Å². The smallest absolute Gasteiger partial charge is 0.108 e. The summed E-state index contributed by atoms with van der Waals surface area (Å²) in [6.07, 6.45) is 5.65. The van der Waals surface area contributed by atoms with Crippen molar-refractivity contribution in [1.29, 1.82) is 0 Å². The number of piperidine rings is 1. The van der Waals surface area contributed by atoms with Crippen molar-refractivity contribution in [3.63, 3.8) is 0 Å². The predicted octanol–water partition coefficient (Wildman–Crippen LogP) is 0.355. The molecular weight excluding hydrogens is 230 g/mol. The molecule has 0 aromatic carbocycles. The van der Waals surface area contributed by atoms with E-state index < -0.39 is 18.3 Å². The summed E-state index contributed by atoms with van der Waals surface area (Å²) in [7, 11) is 0. The first-order valence-electron chi connectivity index (χ1n) is 7.35. The van der Waals surface area contributed by atoms with Gasteiger partial charge in [0.05, 0.1) is 12.2 Å². The van der Waals surface area contributed by atoms with Crippen LogP contribution in [0.5, 0.6) is 0 Å². The summed E-state index contributed by atoms with van der Waals surface area (Å²) >= 11 is 0. The summed E-state index contributed by atoms with van der Waals surface area (Å²) in [5, 5.41) is 28.9. The molecule has 1 spiro atoms. The van der Waals surface area contributed by atoms with Gasteiger partial charge in [-0.15, -0.1) is 0 Å². The van der Waals surface area contributed by atoms with Crippen LogP contribution in [0.25, 0.3) is 0 Å². The summed E-state index contributed by atoms with van der Waals surface area (Å²) in [5.41, 5.74) is 0.730. The minimum absolute atomic E-state index is 0.500. The highest BCUT2D eigenvalue weighted by Crippen LogP contribution is 2.57. The molecule has 1 saturated heterocycles. The Kier molecular flexibility index (Phi) is 3.39. The van der Waals surface area contributed by atoms with Gasteiger partial charge in [-0.1, -0.05) is 0 Å². The average molecular weight is 255 g/mol. The minimum Gasteiger partial charge on any atom is -0.389 e. The van der Waals surface area contributed by atoms with Gasteiger partial charge in [0.1, 0.15) is 6.10 Å². The molecule has 0 amide bonds. The Balaban J connectivity index is 1.48. The maximum absolute atomic E-state index is 9.69. The standard InChI is InChI=1S/C14H25NO3/c16-11-8-15(9-12(17)13(11)18)7-10-1-3-14(4-2-10)5-6-14/h10-13,16-18H,1-9H2. The van der Waals surface area contributed by atoms with E-state index in [1.54, 1.807) is 0 Å². The van der Waals surface area contributed by atoms with Crippen molar-refractivity contribution in [3.8, 4) is 0 Å². The molecular formula is C14H25NO3. The SMILES string of the molecule is OC1CN(CC2CCC3(CC2)CC3)CC(O)C1O. The lowest BCUT2D eigenvalue weighted by atomic mass is 9.79. The lowest BCUT2D eigenvalue weighted by molar-refractivity contribution is -0.112. The number of β-amino-alcohol motifs (C(OH)–C–C–N with tert-alkyl or cyclic N) is 2. The van der Waals surface area contributed by atoms with Gasteiger partial charge in [0.2, 0.25) is 0 Å². The van der Waals surface area contributed by atoms with Crippen LogP contribution in [0, 0.1) is 11.3 Å². The molecule has 1 heterocycles. The molecule has 3 rings (SSSR count). The van der Waals surface area contributed by atoms with Gasteiger partial charge in [0, 0.05) is 19.6 Å². The minimum atomic E-state index is -0.970. The van der Waals surface area contributed by atoms with E-state index in [0.29, 0.717) is 19.0 Å². The van der Waals surface area contributed by atoms with Gasteiger partial charge in [-0.3, -0.25) is 4.90 Å². The second-order valence-electron chi connectivity index (χ2n) is 6.79. The maximum Gasteiger partial charge on any atom is 0.108 e. The van der Waals surface area contributed by atoms with Crippen molar-refractivity contribution >= 4 is 0 Å². The van der Waals surface area contributed by atoms with Crippen LogP contribution in [0.4, 0.5) is 0 Å². The van der Waals surface area contributed by atoms with Crippen LogP contribution < -0.4 is 0 Å². The summed E-state index contributed by atoms with van der Waals surface area (Å²) in [6, 6.07) is 0. The molecule has 0 aromatic rings. The van der Waals surface area contributed by atoms with E-state index >= 15 is 0 Å². The van der Waals surface area contributed by atoms with Gasteiger partial charge in [0.25, 0.3) is 0 Å². The van der Waals surface area contributed by atoms with Crippen molar-refractivity contribution in [1.82, 2.24) is 4.90 Å². The molecule has 2 aliphatic carbocycles. The number of likely N-dealkylation sites (tertiary alicyclic amines) is 1. The summed E-state index contributed by atoms with van der Waals surface area (Å²) in [6.45, 7) is 1.97. The molecule has 0 aromatic heterocycles. The fourth-order valence-electron chi connectivity index (χ4n) is 3.74. The number of aliphatic hydroxyl groups excluding tert-OH is 3.